The third kappa shape index (κ3) is 3.14. The van der Waals surface area contributed by atoms with E-state index in [0.29, 0.717) is 18.0 Å². The average Bonchev–Trinajstić information content (AvgIpc) is 3.19. The fourth-order valence-electron chi connectivity index (χ4n) is 2.34. The molecule has 0 bridgehead atoms. The number of carbonyl (C=O) groups is 1. The van der Waals surface area contributed by atoms with Crippen molar-refractivity contribution >= 4 is 38.3 Å². The third-order valence-electron chi connectivity index (χ3n) is 4.18. The van der Waals surface area contributed by atoms with Crippen LogP contribution in [0.25, 0.3) is 0 Å². The van der Waals surface area contributed by atoms with E-state index in [9.17, 15) is 18.3 Å². The van der Waals surface area contributed by atoms with Crippen molar-refractivity contribution in [1.82, 2.24) is 9.88 Å². The number of aliphatic imine (C=N–C) groups is 1. The molecule has 0 radical (unpaired) electrons. The van der Waals surface area contributed by atoms with Gasteiger partial charge in [0.25, 0.3) is 5.91 Å². The molecule has 0 spiro atoms. The number of amides is 1. The van der Waals surface area contributed by atoms with Gasteiger partial charge in [-0.05, 0) is 19.8 Å². The lowest BCUT2D eigenvalue weighted by Crippen LogP contribution is -2.50. The summed E-state index contributed by atoms with van der Waals surface area (Å²) >= 11 is 1.18. The predicted octanol–water partition coefficient (Wildman–Crippen LogP) is 0.527. The number of ether oxygens (including phenoxy) is 1. The molecule has 2 heterocycles. The van der Waals surface area contributed by atoms with Crippen LogP contribution in [0.15, 0.2) is 28.8 Å². The van der Waals surface area contributed by atoms with E-state index >= 15 is 0 Å². The molecule has 3 rings (SSSR count). The Morgan fingerprint density at radius 1 is 1.52 bits per heavy atom. The van der Waals surface area contributed by atoms with E-state index in [-0.39, 0.29) is 18.2 Å². The summed E-state index contributed by atoms with van der Waals surface area (Å²) in [4.78, 5) is 20.8. The van der Waals surface area contributed by atoms with Crippen molar-refractivity contribution in [3.63, 3.8) is 0 Å². The zero-order valence-electron chi connectivity index (χ0n) is 13.7. The lowest BCUT2D eigenvalue weighted by Gasteiger charge is -2.32. The Morgan fingerprint density at radius 3 is 2.76 bits per heavy atom. The Bertz CT molecular complexity index is 841. The van der Waals surface area contributed by atoms with Crippen LogP contribution in [0.3, 0.4) is 0 Å². The average molecular weight is 386 g/mol. The number of thiazole rings is 1. The number of likely N-dealkylation sites (N-methyl/N-ethyl adjacent to an activating group) is 1. The number of aromatic nitrogens is 1. The van der Waals surface area contributed by atoms with Gasteiger partial charge >= 0.3 is 0 Å². The molecule has 1 fully saturated rings. The second kappa shape index (κ2) is 5.78. The number of carbonyl (C=O) groups excluding carboxylic acids is 1. The third-order valence-corrected chi connectivity index (χ3v) is 7.13. The van der Waals surface area contributed by atoms with Gasteiger partial charge in [0, 0.05) is 18.6 Å². The van der Waals surface area contributed by atoms with E-state index in [1.165, 1.54) is 31.5 Å². The summed E-state index contributed by atoms with van der Waals surface area (Å²) < 4.78 is 32.1. The van der Waals surface area contributed by atoms with Crippen molar-refractivity contribution in [2.24, 2.45) is 4.99 Å². The van der Waals surface area contributed by atoms with Gasteiger partial charge in [0.2, 0.25) is 21.6 Å². The van der Waals surface area contributed by atoms with Gasteiger partial charge in [0.15, 0.2) is 5.13 Å². The molecule has 0 saturated heterocycles. The number of sulfonamides is 1. The van der Waals surface area contributed by atoms with Crippen molar-refractivity contribution < 1.29 is 23.1 Å². The molecular weight excluding hydrogens is 368 g/mol. The molecule has 2 aliphatic rings. The first-order chi connectivity index (χ1) is 11.6. The second-order valence-corrected chi connectivity index (χ2v) is 9.13. The fourth-order valence-corrected chi connectivity index (χ4v) is 4.58. The normalized spacial score (nSPS) is 25.6. The summed E-state index contributed by atoms with van der Waals surface area (Å²) in [6.45, 7) is 4.77. The molecule has 2 N–H and O–H groups in total. The van der Waals surface area contributed by atoms with Crippen molar-refractivity contribution in [2.75, 3.05) is 18.4 Å². The van der Waals surface area contributed by atoms with E-state index in [4.69, 9.17) is 4.74 Å². The summed E-state index contributed by atoms with van der Waals surface area (Å²) in [5, 5.41) is 12.0. The molecule has 1 amide bonds. The summed E-state index contributed by atoms with van der Waals surface area (Å²) in [7, 11) is -2.26. The van der Waals surface area contributed by atoms with E-state index < -0.39 is 26.4 Å². The van der Waals surface area contributed by atoms with Crippen LogP contribution >= 0.6 is 11.3 Å². The Labute approximate surface area is 149 Å². The molecule has 1 aromatic rings. The summed E-state index contributed by atoms with van der Waals surface area (Å²) in [6, 6.07) is 0. The molecule has 1 saturated carbocycles. The van der Waals surface area contributed by atoms with Crippen LogP contribution in [-0.4, -0.2) is 59.3 Å². The van der Waals surface area contributed by atoms with Gasteiger partial charge in [-0.15, -0.1) is 11.3 Å². The minimum atomic E-state index is -3.70. The Balaban J connectivity index is 1.75. The van der Waals surface area contributed by atoms with Crippen molar-refractivity contribution in [1.29, 1.82) is 0 Å². The number of nitrogens with zero attached hydrogens (tertiary/aromatic N) is 3. The highest BCUT2D eigenvalue weighted by molar-refractivity contribution is 7.94. The van der Waals surface area contributed by atoms with Crippen molar-refractivity contribution in [2.45, 2.75) is 30.2 Å². The van der Waals surface area contributed by atoms with E-state index in [0.717, 1.165) is 4.90 Å². The minimum Gasteiger partial charge on any atom is -0.475 e. The van der Waals surface area contributed by atoms with Crippen molar-refractivity contribution in [3.05, 3.63) is 23.9 Å². The lowest BCUT2D eigenvalue weighted by atomic mass is 10.2. The van der Waals surface area contributed by atoms with Gasteiger partial charge in [-0.1, -0.05) is 6.58 Å². The van der Waals surface area contributed by atoms with Gasteiger partial charge in [0.1, 0.15) is 11.4 Å². The highest BCUT2D eigenvalue weighted by Gasteiger charge is 2.56. The lowest BCUT2D eigenvalue weighted by molar-refractivity contribution is -0.146. The minimum absolute atomic E-state index is 0.0529. The van der Waals surface area contributed by atoms with Gasteiger partial charge in [0.05, 0.1) is 5.70 Å². The monoisotopic (exact) mass is 386 g/mol. The van der Waals surface area contributed by atoms with Crippen LogP contribution in [0.4, 0.5) is 5.13 Å². The standard InChI is InChI=1S/C14H18N4O5S2/c1-9-10(16-13(2,20)11(19)18(9)3)23-8-14(4-5-14)25(21,22)17-12-15-6-7-24-12/h6-7,20H,1,4-5,8H2,2-3H3,(H,15,17). The number of aliphatic hydroxyl groups is 1. The van der Waals surface area contributed by atoms with E-state index in [1.54, 1.807) is 5.38 Å². The molecule has 25 heavy (non-hydrogen) atoms. The maximum atomic E-state index is 12.6. The second-order valence-electron chi connectivity index (χ2n) is 6.16. The molecule has 11 heteroatoms. The summed E-state index contributed by atoms with van der Waals surface area (Å²) in [6.07, 6.45) is 2.37. The highest BCUT2D eigenvalue weighted by atomic mass is 32.2. The van der Waals surface area contributed by atoms with Crippen LogP contribution < -0.4 is 4.72 Å². The molecule has 136 valence electrons. The number of hydrogen-bond donors (Lipinski definition) is 2. The van der Waals surface area contributed by atoms with Gasteiger partial charge in [-0.2, -0.15) is 0 Å². The maximum Gasteiger partial charge on any atom is 0.281 e. The molecule has 1 unspecified atom stereocenters. The van der Waals surface area contributed by atoms with E-state index in [2.05, 4.69) is 21.3 Å². The summed E-state index contributed by atoms with van der Waals surface area (Å²) in [5.74, 6) is -0.688. The smallest absolute Gasteiger partial charge is 0.281 e. The number of rotatable bonds is 5. The molecule has 1 aliphatic carbocycles. The van der Waals surface area contributed by atoms with Crippen LogP contribution in [0.2, 0.25) is 0 Å². The van der Waals surface area contributed by atoms with Gasteiger partial charge in [-0.3, -0.25) is 9.52 Å². The SMILES string of the molecule is C=C1C(OCC2(S(=O)(=O)Nc3nccs3)CC2)=NC(C)(O)C(=O)N1C. The topological polar surface area (TPSA) is 121 Å². The van der Waals surface area contributed by atoms with Gasteiger partial charge < -0.3 is 14.7 Å². The maximum absolute atomic E-state index is 12.6. The number of hydrogen-bond acceptors (Lipinski definition) is 8. The van der Waals surface area contributed by atoms with Crippen LogP contribution in [0, 0.1) is 0 Å². The van der Waals surface area contributed by atoms with Crippen LogP contribution in [0.5, 0.6) is 0 Å². The summed E-state index contributed by atoms with van der Waals surface area (Å²) in [5.41, 5.74) is -1.81. The fraction of sp³-hybridized carbons (Fsp3) is 0.500. The van der Waals surface area contributed by atoms with Crippen LogP contribution in [0.1, 0.15) is 19.8 Å². The molecule has 9 nitrogen and oxygen atoms in total. The molecular formula is C14H18N4O5S2. The quantitative estimate of drug-likeness (QED) is 0.761. The molecule has 1 aliphatic heterocycles. The zero-order valence-corrected chi connectivity index (χ0v) is 15.4. The first kappa shape index (κ1) is 17.8. The Hall–Kier alpha value is -1.98. The Kier molecular flexibility index (Phi) is 4.12. The van der Waals surface area contributed by atoms with Gasteiger partial charge in [-0.25, -0.2) is 18.4 Å². The van der Waals surface area contributed by atoms with E-state index in [1.807, 2.05) is 0 Å². The van der Waals surface area contributed by atoms with Crippen molar-refractivity contribution in [3.8, 4) is 0 Å². The number of anilines is 1. The zero-order chi connectivity index (χ0) is 18.5. The number of nitrogens with one attached hydrogen (secondary N) is 1. The highest BCUT2D eigenvalue weighted by Crippen LogP contribution is 2.44. The molecule has 1 aromatic heterocycles. The largest absolute Gasteiger partial charge is 0.475 e. The van der Waals surface area contributed by atoms with Crippen LogP contribution in [-0.2, 0) is 19.6 Å². The first-order valence-electron chi connectivity index (χ1n) is 7.42. The predicted molar refractivity (Wildman–Crippen MR) is 92.5 cm³/mol. The first-order valence-corrected chi connectivity index (χ1v) is 9.79. The molecule has 0 aromatic carbocycles. The molecule has 1 atom stereocenters. The Morgan fingerprint density at radius 2 is 2.20 bits per heavy atom.